The Morgan fingerprint density at radius 2 is 1.96 bits per heavy atom. The summed E-state index contributed by atoms with van der Waals surface area (Å²) in [7, 11) is 5.76. The van der Waals surface area contributed by atoms with E-state index < -0.39 is 0 Å². The van der Waals surface area contributed by atoms with E-state index in [1.165, 1.54) is 11.3 Å². The molecule has 0 amide bonds. The summed E-state index contributed by atoms with van der Waals surface area (Å²) in [5.41, 5.74) is 3.44. The van der Waals surface area contributed by atoms with Crippen molar-refractivity contribution >= 4 is 29.9 Å². The Labute approximate surface area is 167 Å². The monoisotopic (exact) mass is 457 g/mol. The molecule has 0 fully saturated rings. The van der Waals surface area contributed by atoms with Crippen molar-refractivity contribution in [2.24, 2.45) is 12.0 Å². The Kier molecular flexibility index (Phi) is 8.74. The number of ether oxygens (including phenoxy) is 1. The highest BCUT2D eigenvalue weighted by Crippen LogP contribution is 2.11. The summed E-state index contributed by atoms with van der Waals surface area (Å²) in [6.45, 7) is 6.18. The van der Waals surface area contributed by atoms with Crippen molar-refractivity contribution in [3.63, 3.8) is 0 Å². The molecule has 1 aromatic carbocycles. The largest absolute Gasteiger partial charge is 0.492 e. The molecule has 7 heteroatoms. The van der Waals surface area contributed by atoms with Crippen LogP contribution in [-0.2, 0) is 13.6 Å². The van der Waals surface area contributed by atoms with Crippen LogP contribution in [0.25, 0.3) is 0 Å². The first-order valence-corrected chi connectivity index (χ1v) is 8.11. The van der Waals surface area contributed by atoms with Crippen molar-refractivity contribution in [2.75, 3.05) is 27.2 Å². The van der Waals surface area contributed by atoms with Gasteiger partial charge in [-0.15, -0.1) is 24.0 Å². The maximum Gasteiger partial charge on any atom is 0.193 e. The molecule has 0 atom stereocenters. The number of halogens is 1. The van der Waals surface area contributed by atoms with Gasteiger partial charge in [-0.3, -0.25) is 9.67 Å². The van der Waals surface area contributed by atoms with Crippen LogP contribution in [0.2, 0.25) is 0 Å². The number of rotatable bonds is 6. The Morgan fingerprint density at radius 3 is 2.52 bits per heavy atom. The van der Waals surface area contributed by atoms with E-state index in [1.807, 2.05) is 56.0 Å². The van der Waals surface area contributed by atoms with Crippen molar-refractivity contribution in [1.82, 2.24) is 20.0 Å². The number of likely N-dealkylation sites (N-methyl/N-ethyl adjacent to an activating group) is 1. The minimum Gasteiger partial charge on any atom is -0.492 e. The molecular formula is C18H28IN5O. The molecule has 1 heterocycles. The molecule has 0 spiro atoms. The van der Waals surface area contributed by atoms with E-state index in [0.717, 1.165) is 23.9 Å². The molecule has 0 radical (unpaired) electrons. The van der Waals surface area contributed by atoms with Gasteiger partial charge in [-0.1, -0.05) is 18.2 Å². The fourth-order valence-corrected chi connectivity index (χ4v) is 2.55. The third-order valence-electron chi connectivity index (χ3n) is 4.09. The first-order chi connectivity index (χ1) is 11.5. The average Bonchev–Trinajstić information content (AvgIpc) is 2.82. The van der Waals surface area contributed by atoms with Gasteiger partial charge in [-0.25, -0.2) is 0 Å². The van der Waals surface area contributed by atoms with Crippen LogP contribution in [0.1, 0.15) is 17.0 Å². The van der Waals surface area contributed by atoms with Gasteiger partial charge in [0, 0.05) is 38.9 Å². The number of aryl methyl sites for hydroxylation is 2. The molecule has 2 rings (SSSR count). The summed E-state index contributed by atoms with van der Waals surface area (Å²) in [5, 5.41) is 7.84. The summed E-state index contributed by atoms with van der Waals surface area (Å²) >= 11 is 0. The molecule has 0 aliphatic carbocycles. The van der Waals surface area contributed by atoms with Gasteiger partial charge in [0.15, 0.2) is 5.96 Å². The lowest BCUT2D eigenvalue weighted by Crippen LogP contribution is -2.40. The quantitative estimate of drug-likeness (QED) is 0.412. The third kappa shape index (κ3) is 5.91. The first-order valence-electron chi connectivity index (χ1n) is 8.11. The van der Waals surface area contributed by atoms with Crippen LogP contribution in [0, 0.1) is 13.8 Å². The van der Waals surface area contributed by atoms with Gasteiger partial charge in [0.2, 0.25) is 0 Å². The number of nitrogens with zero attached hydrogens (tertiary/aromatic N) is 4. The smallest absolute Gasteiger partial charge is 0.193 e. The normalized spacial score (nSPS) is 11.0. The van der Waals surface area contributed by atoms with Crippen LogP contribution < -0.4 is 10.1 Å². The van der Waals surface area contributed by atoms with Gasteiger partial charge in [0.25, 0.3) is 0 Å². The van der Waals surface area contributed by atoms with Crippen LogP contribution in [0.5, 0.6) is 5.75 Å². The lowest BCUT2D eigenvalue weighted by molar-refractivity contribution is 0.281. The Hall–Kier alpha value is -1.77. The van der Waals surface area contributed by atoms with E-state index in [2.05, 4.69) is 27.2 Å². The van der Waals surface area contributed by atoms with Crippen molar-refractivity contribution < 1.29 is 4.74 Å². The van der Waals surface area contributed by atoms with Crippen molar-refractivity contribution in [3.05, 3.63) is 47.3 Å². The Morgan fingerprint density at radius 1 is 1.28 bits per heavy atom. The van der Waals surface area contributed by atoms with Crippen LogP contribution in [-0.4, -0.2) is 47.9 Å². The highest BCUT2D eigenvalue weighted by atomic mass is 127. The molecule has 2 aromatic rings. The molecule has 0 saturated carbocycles. The molecular weight excluding hydrogens is 429 g/mol. The summed E-state index contributed by atoms with van der Waals surface area (Å²) in [6, 6.07) is 9.84. The number of hydrogen-bond donors (Lipinski definition) is 1. The molecule has 25 heavy (non-hydrogen) atoms. The summed E-state index contributed by atoms with van der Waals surface area (Å²) < 4.78 is 7.65. The van der Waals surface area contributed by atoms with E-state index in [0.29, 0.717) is 13.2 Å². The van der Waals surface area contributed by atoms with Crippen LogP contribution in [0.4, 0.5) is 0 Å². The van der Waals surface area contributed by atoms with Crippen molar-refractivity contribution in [1.29, 1.82) is 0 Å². The third-order valence-corrected chi connectivity index (χ3v) is 4.09. The van der Waals surface area contributed by atoms with E-state index in [-0.39, 0.29) is 24.0 Å². The topological polar surface area (TPSA) is 54.7 Å². The highest BCUT2D eigenvalue weighted by Gasteiger charge is 2.11. The van der Waals surface area contributed by atoms with Crippen LogP contribution >= 0.6 is 24.0 Å². The zero-order chi connectivity index (χ0) is 17.5. The van der Waals surface area contributed by atoms with Crippen LogP contribution in [0.15, 0.2) is 35.3 Å². The van der Waals surface area contributed by atoms with Gasteiger partial charge in [-0.2, -0.15) is 5.10 Å². The second-order valence-corrected chi connectivity index (χ2v) is 5.76. The van der Waals surface area contributed by atoms with E-state index in [1.54, 1.807) is 7.05 Å². The van der Waals surface area contributed by atoms with Gasteiger partial charge >= 0.3 is 0 Å². The number of aliphatic imine (C=N–C) groups is 1. The maximum absolute atomic E-state index is 5.74. The zero-order valence-corrected chi connectivity index (χ0v) is 17.9. The predicted octanol–water partition coefficient (Wildman–Crippen LogP) is 2.74. The summed E-state index contributed by atoms with van der Waals surface area (Å²) in [4.78, 5) is 6.40. The fourth-order valence-electron chi connectivity index (χ4n) is 2.55. The fraction of sp³-hybridized carbons (Fsp3) is 0.444. The SMILES string of the molecule is CN=C(NCc1c(C)nn(C)c1C)N(C)CCOc1ccccc1.I. The van der Waals surface area contributed by atoms with Crippen molar-refractivity contribution in [2.45, 2.75) is 20.4 Å². The molecule has 1 aromatic heterocycles. The number of nitrogens with one attached hydrogen (secondary N) is 1. The predicted molar refractivity (Wildman–Crippen MR) is 113 cm³/mol. The lowest BCUT2D eigenvalue weighted by atomic mass is 10.2. The highest BCUT2D eigenvalue weighted by molar-refractivity contribution is 14.0. The van der Waals surface area contributed by atoms with E-state index in [9.17, 15) is 0 Å². The summed E-state index contributed by atoms with van der Waals surface area (Å²) in [5.74, 6) is 1.73. The zero-order valence-electron chi connectivity index (χ0n) is 15.6. The number of guanidine groups is 1. The number of hydrogen-bond acceptors (Lipinski definition) is 3. The molecule has 0 bridgehead atoms. The second-order valence-electron chi connectivity index (χ2n) is 5.76. The van der Waals surface area contributed by atoms with E-state index >= 15 is 0 Å². The minimum absolute atomic E-state index is 0. The molecule has 138 valence electrons. The maximum atomic E-state index is 5.74. The molecule has 0 aliphatic heterocycles. The number of aromatic nitrogens is 2. The van der Waals surface area contributed by atoms with Crippen LogP contribution in [0.3, 0.4) is 0 Å². The molecule has 0 saturated heterocycles. The molecule has 0 unspecified atom stereocenters. The number of para-hydroxylation sites is 1. The van der Waals surface area contributed by atoms with Gasteiger partial charge < -0.3 is 15.0 Å². The standard InChI is InChI=1S/C18H27N5O.HI/c1-14-17(15(2)23(5)21-14)13-20-18(19-3)22(4)11-12-24-16-9-7-6-8-10-16;/h6-10H,11-13H2,1-5H3,(H,19,20);1H. The second kappa shape index (κ2) is 10.3. The average molecular weight is 457 g/mol. The molecule has 1 N–H and O–H groups in total. The van der Waals surface area contributed by atoms with Gasteiger partial charge in [-0.05, 0) is 26.0 Å². The number of benzene rings is 1. The summed E-state index contributed by atoms with van der Waals surface area (Å²) in [6.07, 6.45) is 0. The lowest BCUT2D eigenvalue weighted by Gasteiger charge is -2.22. The minimum atomic E-state index is 0. The van der Waals surface area contributed by atoms with Gasteiger partial charge in [0.1, 0.15) is 12.4 Å². The van der Waals surface area contributed by atoms with E-state index in [4.69, 9.17) is 4.74 Å². The first kappa shape index (κ1) is 21.3. The van der Waals surface area contributed by atoms with Gasteiger partial charge in [0.05, 0.1) is 12.2 Å². The molecule has 6 nitrogen and oxygen atoms in total. The van der Waals surface area contributed by atoms with Crippen molar-refractivity contribution in [3.8, 4) is 5.75 Å². The Bertz CT molecular complexity index is 684. The molecule has 0 aliphatic rings. The Balaban J connectivity index is 0.00000312.